The molecule has 0 amide bonds. The molecule has 6 aromatic rings. The zero-order valence-electron chi connectivity index (χ0n) is 23.1. The van der Waals surface area contributed by atoms with Crippen LogP contribution in [0.25, 0.3) is 0 Å². The van der Waals surface area contributed by atoms with Crippen LogP contribution in [0.4, 0.5) is 5.69 Å². The minimum absolute atomic E-state index is 0.0131. The monoisotopic (exact) mass is 528 g/mol. The Morgan fingerprint density at radius 2 is 0.902 bits per heavy atom. The molecule has 0 aliphatic carbocycles. The average Bonchev–Trinajstić information content (AvgIpc) is 3.03. The largest absolute Gasteiger partial charge is 0.255 e. The van der Waals surface area contributed by atoms with E-state index < -0.39 is 0 Å². The SMILES string of the molecule is Cc1cc(C(c2ccccc2)c2ccccc2)c(N=Cc2ccccn2)c(C(c2ccccc2)c2ccccc2)c1. The van der Waals surface area contributed by atoms with Crippen LogP contribution in [0, 0.1) is 6.92 Å². The highest BCUT2D eigenvalue weighted by molar-refractivity contribution is 5.81. The van der Waals surface area contributed by atoms with E-state index in [1.165, 1.54) is 38.9 Å². The highest BCUT2D eigenvalue weighted by atomic mass is 14.8. The second-order valence-electron chi connectivity index (χ2n) is 10.3. The Morgan fingerprint density at radius 1 is 0.512 bits per heavy atom. The lowest BCUT2D eigenvalue weighted by Gasteiger charge is -2.27. The van der Waals surface area contributed by atoms with Gasteiger partial charge in [-0.3, -0.25) is 9.98 Å². The van der Waals surface area contributed by atoms with Crippen molar-refractivity contribution in [2.75, 3.05) is 0 Å². The first-order valence-corrected chi connectivity index (χ1v) is 14.1. The summed E-state index contributed by atoms with van der Waals surface area (Å²) in [6.07, 6.45) is 3.71. The molecular formula is C39H32N2. The van der Waals surface area contributed by atoms with Gasteiger partial charge in [-0.25, -0.2) is 0 Å². The van der Waals surface area contributed by atoms with Crippen LogP contribution in [0.15, 0.2) is 163 Å². The zero-order chi connectivity index (χ0) is 27.9. The van der Waals surface area contributed by atoms with E-state index in [-0.39, 0.29) is 11.8 Å². The van der Waals surface area contributed by atoms with Gasteiger partial charge in [0.1, 0.15) is 0 Å². The van der Waals surface area contributed by atoms with Gasteiger partial charge in [-0.15, -0.1) is 0 Å². The molecule has 41 heavy (non-hydrogen) atoms. The lowest BCUT2D eigenvalue weighted by molar-refractivity contribution is 0.934. The molecule has 0 radical (unpaired) electrons. The number of hydrogen-bond donors (Lipinski definition) is 0. The quantitative estimate of drug-likeness (QED) is 0.143. The van der Waals surface area contributed by atoms with Gasteiger partial charge in [0.15, 0.2) is 0 Å². The van der Waals surface area contributed by atoms with Crippen molar-refractivity contribution in [3.8, 4) is 0 Å². The maximum atomic E-state index is 5.27. The lowest BCUT2D eigenvalue weighted by Crippen LogP contribution is -2.09. The minimum atomic E-state index is 0.0131. The number of hydrogen-bond acceptors (Lipinski definition) is 2. The van der Waals surface area contributed by atoms with Gasteiger partial charge in [0.05, 0.1) is 17.6 Å². The van der Waals surface area contributed by atoms with Gasteiger partial charge in [0.2, 0.25) is 0 Å². The molecule has 0 saturated heterocycles. The third kappa shape index (κ3) is 5.92. The Balaban J connectivity index is 1.66. The summed E-state index contributed by atoms with van der Waals surface area (Å²) in [6.45, 7) is 2.19. The van der Waals surface area contributed by atoms with Crippen LogP contribution in [-0.2, 0) is 0 Å². The normalized spacial score (nSPS) is 11.4. The maximum absolute atomic E-state index is 5.27. The molecule has 5 aromatic carbocycles. The highest BCUT2D eigenvalue weighted by Crippen LogP contribution is 2.45. The Bertz CT molecular complexity index is 1530. The van der Waals surface area contributed by atoms with Crippen molar-refractivity contribution < 1.29 is 0 Å². The van der Waals surface area contributed by atoms with Crippen molar-refractivity contribution in [1.29, 1.82) is 0 Å². The summed E-state index contributed by atoms with van der Waals surface area (Å²) in [5.74, 6) is 0.0262. The minimum Gasteiger partial charge on any atom is -0.255 e. The molecule has 0 saturated carbocycles. The molecule has 0 aliphatic heterocycles. The number of pyridine rings is 1. The Labute approximate surface area is 242 Å². The summed E-state index contributed by atoms with van der Waals surface area (Å²) < 4.78 is 0. The lowest BCUT2D eigenvalue weighted by atomic mass is 9.78. The van der Waals surface area contributed by atoms with Gasteiger partial charge in [0, 0.05) is 18.0 Å². The Hall–Kier alpha value is -5.08. The number of nitrogens with zero attached hydrogens (tertiary/aromatic N) is 2. The molecule has 0 unspecified atom stereocenters. The number of rotatable bonds is 8. The van der Waals surface area contributed by atoms with Crippen LogP contribution in [0.1, 0.15) is 56.5 Å². The highest BCUT2D eigenvalue weighted by Gasteiger charge is 2.26. The summed E-state index contributed by atoms with van der Waals surface area (Å²) in [5.41, 5.74) is 10.3. The predicted octanol–water partition coefficient (Wildman–Crippen LogP) is 9.50. The van der Waals surface area contributed by atoms with Gasteiger partial charge >= 0.3 is 0 Å². The second kappa shape index (κ2) is 12.4. The van der Waals surface area contributed by atoms with Crippen molar-refractivity contribution in [1.82, 2.24) is 4.98 Å². The van der Waals surface area contributed by atoms with Gasteiger partial charge in [0.25, 0.3) is 0 Å². The van der Waals surface area contributed by atoms with Crippen molar-refractivity contribution in [2.24, 2.45) is 4.99 Å². The third-order valence-corrected chi connectivity index (χ3v) is 7.48. The van der Waals surface area contributed by atoms with E-state index in [0.717, 1.165) is 11.4 Å². The molecule has 0 aliphatic rings. The van der Waals surface area contributed by atoms with E-state index in [0.29, 0.717) is 0 Å². The third-order valence-electron chi connectivity index (χ3n) is 7.48. The molecular weight excluding hydrogens is 496 g/mol. The van der Waals surface area contributed by atoms with E-state index in [1.807, 2.05) is 30.6 Å². The molecule has 0 bridgehead atoms. The standard InChI is InChI=1S/C39H32N2/c1-29-26-35(37(30-16-6-2-7-17-30)31-18-8-3-9-19-31)39(41-28-34-24-14-15-25-40-34)36(27-29)38(32-20-10-4-11-21-32)33-22-12-5-13-23-33/h2-28,37-38H,1H3. The van der Waals surface area contributed by atoms with E-state index in [1.54, 1.807) is 0 Å². The summed E-state index contributed by atoms with van der Waals surface area (Å²) in [6, 6.07) is 53.6. The molecule has 0 atom stereocenters. The van der Waals surface area contributed by atoms with E-state index in [2.05, 4.69) is 145 Å². The van der Waals surface area contributed by atoms with Crippen LogP contribution in [-0.4, -0.2) is 11.2 Å². The van der Waals surface area contributed by atoms with Crippen LogP contribution in [0.5, 0.6) is 0 Å². The molecule has 0 fully saturated rings. The van der Waals surface area contributed by atoms with Gasteiger partial charge in [-0.2, -0.15) is 0 Å². The summed E-state index contributed by atoms with van der Waals surface area (Å²) in [7, 11) is 0. The van der Waals surface area contributed by atoms with Crippen LogP contribution < -0.4 is 0 Å². The zero-order valence-corrected chi connectivity index (χ0v) is 23.1. The van der Waals surface area contributed by atoms with E-state index in [4.69, 9.17) is 4.99 Å². The topological polar surface area (TPSA) is 25.2 Å². The molecule has 198 valence electrons. The van der Waals surface area contributed by atoms with Crippen molar-refractivity contribution >= 4 is 11.9 Å². The maximum Gasteiger partial charge on any atom is 0.0812 e. The molecule has 1 aromatic heterocycles. The molecule has 0 N–H and O–H groups in total. The summed E-state index contributed by atoms with van der Waals surface area (Å²) >= 11 is 0. The average molecular weight is 529 g/mol. The Kier molecular flexibility index (Phi) is 7.91. The first-order chi connectivity index (χ1) is 20.3. The van der Waals surface area contributed by atoms with Crippen molar-refractivity contribution in [3.05, 3.63) is 202 Å². The first-order valence-electron chi connectivity index (χ1n) is 14.1. The van der Waals surface area contributed by atoms with Gasteiger partial charge < -0.3 is 0 Å². The number of aliphatic imine (C=N–C) groups is 1. The molecule has 6 rings (SSSR count). The van der Waals surface area contributed by atoms with Gasteiger partial charge in [-0.1, -0.05) is 145 Å². The first kappa shape index (κ1) is 26.2. The van der Waals surface area contributed by atoms with E-state index in [9.17, 15) is 0 Å². The number of aromatic nitrogens is 1. The molecule has 0 spiro atoms. The predicted molar refractivity (Wildman–Crippen MR) is 170 cm³/mol. The van der Waals surface area contributed by atoms with Crippen LogP contribution in [0.2, 0.25) is 0 Å². The summed E-state index contributed by atoms with van der Waals surface area (Å²) in [4.78, 5) is 9.82. The Morgan fingerprint density at radius 3 is 1.27 bits per heavy atom. The van der Waals surface area contributed by atoms with Crippen LogP contribution in [0.3, 0.4) is 0 Å². The van der Waals surface area contributed by atoms with Crippen LogP contribution >= 0.6 is 0 Å². The van der Waals surface area contributed by atoms with Crippen molar-refractivity contribution in [3.63, 3.8) is 0 Å². The molecule has 1 heterocycles. The fourth-order valence-corrected chi connectivity index (χ4v) is 5.69. The fourth-order valence-electron chi connectivity index (χ4n) is 5.69. The smallest absolute Gasteiger partial charge is 0.0812 e. The fraction of sp³-hybridized carbons (Fsp3) is 0.0769. The van der Waals surface area contributed by atoms with E-state index >= 15 is 0 Å². The number of aryl methyl sites for hydroxylation is 1. The molecule has 2 nitrogen and oxygen atoms in total. The number of benzene rings is 5. The molecule has 2 heteroatoms. The van der Waals surface area contributed by atoms with Gasteiger partial charge in [-0.05, 0) is 52.4 Å². The second-order valence-corrected chi connectivity index (χ2v) is 10.3. The van der Waals surface area contributed by atoms with Crippen molar-refractivity contribution in [2.45, 2.75) is 18.8 Å². The summed E-state index contributed by atoms with van der Waals surface area (Å²) in [5, 5.41) is 0.